The van der Waals surface area contributed by atoms with Crippen LogP contribution < -0.4 is 4.74 Å². The van der Waals surface area contributed by atoms with Crippen molar-refractivity contribution in [2.45, 2.75) is 0 Å². The first kappa shape index (κ1) is 9.73. The number of nitrogens with zero attached hydrogens (tertiary/aromatic N) is 1. The summed E-state index contributed by atoms with van der Waals surface area (Å²) >= 11 is 0. The Morgan fingerprint density at radius 3 is 2.71 bits per heavy atom. The van der Waals surface area contributed by atoms with Gasteiger partial charge >= 0.3 is 0 Å². The average molecular weight is 223 g/mol. The van der Waals surface area contributed by atoms with Crippen LogP contribution in [0.2, 0.25) is 0 Å². The highest BCUT2D eigenvalue weighted by Crippen LogP contribution is 2.33. The van der Waals surface area contributed by atoms with Gasteiger partial charge in [-0.3, -0.25) is 0 Å². The lowest BCUT2D eigenvalue weighted by Gasteiger charge is -2.01. The zero-order valence-corrected chi connectivity index (χ0v) is 9.23. The molecule has 0 aliphatic rings. The summed E-state index contributed by atoms with van der Waals surface area (Å²) < 4.78 is 10.9. The quantitative estimate of drug-likeness (QED) is 0.634. The van der Waals surface area contributed by atoms with Crippen molar-refractivity contribution < 1.29 is 9.15 Å². The summed E-state index contributed by atoms with van der Waals surface area (Å²) in [5, 5.41) is 11.0. The van der Waals surface area contributed by atoms with Crippen LogP contribution in [0.4, 0.5) is 0 Å². The molecule has 17 heavy (non-hydrogen) atoms. The minimum atomic E-state index is 0.520. The molecule has 1 heterocycles. The molecular weight excluding hydrogens is 214 g/mol. The summed E-state index contributed by atoms with van der Waals surface area (Å²) in [4.78, 5) is 0. The van der Waals surface area contributed by atoms with E-state index in [-0.39, 0.29) is 0 Å². The van der Waals surface area contributed by atoms with Gasteiger partial charge in [-0.25, -0.2) is 0 Å². The number of hydrogen-bond acceptors (Lipinski definition) is 3. The van der Waals surface area contributed by atoms with Gasteiger partial charge in [0.1, 0.15) is 23.0 Å². The van der Waals surface area contributed by atoms with Crippen molar-refractivity contribution in [3.8, 4) is 11.8 Å². The van der Waals surface area contributed by atoms with Crippen molar-refractivity contribution in [3.05, 3.63) is 42.0 Å². The Morgan fingerprint density at radius 2 is 1.94 bits per heavy atom. The van der Waals surface area contributed by atoms with E-state index in [1.54, 1.807) is 19.2 Å². The molecule has 0 radical (unpaired) electrons. The van der Waals surface area contributed by atoms with E-state index in [0.29, 0.717) is 11.3 Å². The van der Waals surface area contributed by atoms with E-state index >= 15 is 0 Å². The molecule has 0 amide bonds. The fourth-order valence-corrected chi connectivity index (χ4v) is 2.01. The maximum absolute atomic E-state index is 9.06. The minimum Gasteiger partial charge on any atom is -0.495 e. The molecule has 0 saturated heterocycles. The number of hydrogen-bond donors (Lipinski definition) is 0. The number of para-hydroxylation sites is 1. The van der Waals surface area contributed by atoms with E-state index < -0.39 is 0 Å². The SMILES string of the molecule is COc1cc2oc3ccccc3c2cc1C#N. The first-order valence-corrected chi connectivity index (χ1v) is 5.23. The van der Waals surface area contributed by atoms with Crippen molar-refractivity contribution in [1.29, 1.82) is 5.26 Å². The number of furan rings is 1. The van der Waals surface area contributed by atoms with Crippen molar-refractivity contribution in [1.82, 2.24) is 0 Å². The third-order valence-electron chi connectivity index (χ3n) is 2.82. The molecule has 0 spiro atoms. The zero-order valence-electron chi connectivity index (χ0n) is 9.23. The molecule has 0 aliphatic carbocycles. The van der Waals surface area contributed by atoms with Gasteiger partial charge in [-0.1, -0.05) is 18.2 Å². The van der Waals surface area contributed by atoms with Crippen LogP contribution in [0.3, 0.4) is 0 Å². The topological polar surface area (TPSA) is 46.2 Å². The largest absolute Gasteiger partial charge is 0.495 e. The van der Waals surface area contributed by atoms with E-state index in [4.69, 9.17) is 14.4 Å². The van der Waals surface area contributed by atoms with Gasteiger partial charge in [0.05, 0.1) is 12.7 Å². The highest BCUT2D eigenvalue weighted by Gasteiger charge is 2.11. The van der Waals surface area contributed by atoms with E-state index in [2.05, 4.69) is 6.07 Å². The second-order valence-electron chi connectivity index (χ2n) is 3.76. The minimum absolute atomic E-state index is 0.520. The lowest BCUT2D eigenvalue weighted by molar-refractivity contribution is 0.413. The standard InChI is InChI=1S/C14H9NO2/c1-16-13-7-14-11(6-9(13)8-15)10-4-2-3-5-12(10)17-14/h2-7H,1H3. The third kappa shape index (κ3) is 1.35. The molecule has 3 heteroatoms. The Balaban J connectivity index is 2.47. The first-order valence-electron chi connectivity index (χ1n) is 5.23. The van der Waals surface area contributed by atoms with Crippen LogP contribution in [0, 0.1) is 11.3 Å². The Hall–Kier alpha value is -2.47. The van der Waals surface area contributed by atoms with Crippen LogP contribution in [-0.2, 0) is 0 Å². The summed E-state index contributed by atoms with van der Waals surface area (Å²) in [6.45, 7) is 0. The number of rotatable bonds is 1. The Bertz CT molecular complexity index is 750. The highest BCUT2D eigenvalue weighted by atomic mass is 16.5. The molecule has 0 N–H and O–H groups in total. The Labute approximate surface area is 97.8 Å². The number of fused-ring (bicyclic) bond motifs is 3. The van der Waals surface area contributed by atoms with Crippen LogP contribution in [0.15, 0.2) is 40.8 Å². The molecule has 0 aliphatic heterocycles. The highest BCUT2D eigenvalue weighted by molar-refractivity contribution is 6.05. The van der Waals surface area contributed by atoms with Crippen LogP contribution in [0.5, 0.6) is 5.75 Å². The van der Waals surface area contributed by atoms with Gasteiger partial charge in [-0.05, 0) is 12.1 Å². The number of benzene rings is 2. The molecule has 82 valence electrons. The Morgan fingerprint density at radius 1 is 1.12 bits per heavy atom. The van der Waals surface area contributed by atoms with Gasteiger partial charge in [0.15, 0.2) is 0 Å². The van der Waals surface area contributed by atoms with Crippen LogP contribution in [0.1, 0.15) is 5.56 Å². The normalized spacial score (nSPS) is 10.6. The van der Waals surface area contributed by atoms with Crippen molar-refractivity contribution in [2.75, 3.05) is 7.11 Å². The molecule has 3 nitrogen and oxygen atoms in total. The number of nitriles is 1. The second-order valence-corrected chi connectivity index (χ2v) is 3.76. The lowest BCUT2D eigenvalue weighted by atomic mass is 10.1. The smallest absolute Gasteiger partial charge is 0.140 e. The molecular formula is C14H9NO2. The van der Waals surface area contributed by atoms with Crippen molar-refractivity contribution in [2.24, 2.45) is 0 Å². The van der Waals surface area contributed by atoms with Gasteiger partial charge in [-0.15, -0.1) is 0 Å². The molecule has 1 aromatic heterocycles. The monoisotopic (exact) mass is 223 g/mol. The predicted octanol–water partition coefficient (Wildman–Crippen LogP) is 3.47. The molecule has 0 atom stereocenters. The van der Waals surface area contributed by atoms with Crippen LogP contribution in [-0.4, -0.2) is 7.11 Å². The van der Waals surface area contributed by atoms with Crippen molar-refractivity contribution in [3.63, 3.8) is 0 Å². The molecule has 0 fully saturated rings. The Kier molecular flexibility index (Phi) is 2.02. The van der Waals surface area contributed by atoms with Gasteiger partial charge in [0.2, 0.25) is 0 Å². The van der Waals surface area contributed by atoms with Crippen LogP contribution >= 0.6 is 0 Å². The molecule has 3 rings (SSSR count). The average Bonchev–Trinajstić information content (AvgIpc) is 2.74. The molecule has 0 saturated carbocycles. The van der Waals surface area contributed by atoms with Crippen molar-refractivity contribution >= 4 is 21.9 Å². The molecule has 0 unspecified atom stereocenters. The van der Waals surface area contributed by atoms with Crippen LogP contribution in [0.25, 0.3) is 21.9 Å². The lowest BCUT2D eigenvalue weighted by Crippen LogP contribution is -1.86. The fourth-order valence-electron chi connectivity index (χ4n) is 2.01. The summed E-state index contributed by atoms with van der Waals surface area (Å²) in [7, 11) is 1.55. The molecule has 2 aromatic carbocycles. The van der Waals surface area contributed by atoms with E-state index in [1.807, 2.05) is 24.3 Å². The second kappa shape index (κ2) is 3.53. The molecule has 0 bridgehead atoms. The van der Waals surface area contributed by atoms with Gasteiger partial charge in [0.25, 0.3) is 0 Å². The summed E-state index contributed by atoms with van der Waals surface area (Å²) in [5.74, 6) is 0.541. The van der Waals surface area contributed by atoms with E-state index in [0.717, 1.165) is 21.9 Å². The summed E-state index contributed by atoms with van der Waals surface area (Å²) in [6, 6.07) is 13.5. The number of ether oxygens (including phenoxy) is 1. The van der Waals surface area contributed by atoms with Gasteiger partial charge < -0.3 is 9.15 Å². The first-order chi connectivity index (χ1) is 8.33. The maximum atomic E-state index is 9.06. The third-order valence-corrected chi connectivity index (χ3v) is 2.82. The van der Waals surface area contributed by atoms with E-state index in [9.17, 15) is 0 Å². The fraction of sp³-hybridized carbons (Fsp3) is 0.0714. The predicted molar refractivity (Wildman–Crippen MR) is 65.0 cm³/mol. The van der Waals surface area contributed by atoms with Gasteiger partial charge in [-0.2, -0.15) is 5.26 Å². The summed E-state index contributed by atoms with van der Waals surface area (Å²) in [5.41, 5.74) is 2.08. The summed E-state index contributed by atoms with van der Waals surface area (Å²) in [6.07, 6.45) is 0. The maximum Gasteiger partial charge on any atom is 0.140 e. The van der Waals surface area contributed by atoms with E-state index in [1.165, 1.54) is 0 Å². The molecule has 3 aromatic rings. The van der Waals surface area contributed by atoms with Gasteiger partial charge in [0, 0.05) is 16.8 Å². The number of methoxy groups -OCH3 is 1. The zero-order chi connectivity index (χ0) is 11.8.